The fourth-order valence-corrected chi connectivity index (χ4v) is 3.85. The van der Waals surface area contributed by atoms with Crippen molar-refractivity contribution in [3.05, 3.63) is 29.3 Å². The number of hydrogen-bond acceptors (Lipinski definition) is 3. The molecule has 1 aliphatic heterocycles. The largest absolute Gasteiger partial charge is 0.353 e. The third-order valence-corrected chi connectivity index (χ3v) is 5.16. The second-order valence-corrected chi connectivity index (χ2v) is 7.30. The molecule has 0 aromatic heterocycles. The first-order valence-corrected chi connectivity index (χ1v) is 8.89. The maximum Gasteiger partial charge on any atom is 0.239 e. The van der Waals surface area contributed by atoms with Crippen LogP contribution in [0.5, 0.6) is 0 Å². The third kappa shape index (κ3) is 4.53. The maximum absolute atomic E-state index is 12.7. The van der Waals surface area contributed by atoms with Crippen molar-refractivity contribution in [3.8, 4) is 0 Å². The van der Waals surface area contributed by atoms with Crippen LogP contribution in [0.1, 0.15) is 43.2 Å². The van der Waals surface area contributed by atoms with Gasteiger partial charge in [-0.1, -0.05) is 6.07 Å². The van der Waals surface area contributed by atoms with Gasteiger partial charge in [0.15, 0.2) is 0 Å². The Hall–Kier alpha value is -1.59. The zero-order valence-corrected chi connectivity index (χ0v) is 15.8. The minimum Gasteiger partial charge on any atom is -0.353 e. The lowest BCUT2D eigenvalue weighted by Gasteiger charge is -2.27. The van der Waals surface area contributed by atoms with E-state index in [0.717, 1.165) is 42.5 Å². The second kappa shape index (κ2) is 8.19. The number of halogens is 1. The van der Waals surface area contributed by atoms with Crippen molar-refractivity contribution in [3.63, 3.8) is 0 Å². The Bertz CT molecular complexity index is 621. The van der Waals surface area contributed by atoms with Gasteiger partial charge in [-0.15, -0.1) is 12.4 Å². The number of benzene rings is 1. The highest BCUT2D eigenvalue weighted by atomic mass is 35.5. The van der Waals surface area contributed by atoms with E-state index in [9.17, 15) is 9.59 Å². The van der Waals surface area contributed by atoms with Crippen LogP contribution in [-0.2, 0) is 9.59 Å². The lowest BCUT2D eigenvalue weighted by atomic mass is 9.91. The monoisotopic (exact) mass is 365 g/mol. The number of nitrogens with one attached hydrogen (secondary N) is 1. The summed E-state index contributed by atoms with van der Waals surface area (Å²) in [5.41, 5.74) is 9.06. The Morgan fingerprint density at radius 2 is 1.68 bits per heavy atom. The van der Waals surface area contributed by atoms with Crippen molar-refractivity contribution < 1.29 is 9.59 Å². The molecule has 2 aliphatic rings. The quantitative estimate of drug-likeness (QED) is 0.808. The van der Waals surface area contributed by atoms with E-state index in [-0.39, 0.29) is 36.3 Å². The van der Waals surface area contributed by atoms with Gasteiger partial charge in [-0.25, -0.2) is 0 Å². The summed E-state index contributed by atoms with van der Waals surface area (Å²) in [4.78, 5) is 27.0. The van der Waals surface area contributed by atoms with Crippen molar-refractivity contribution in [1.29, 1.82) is 0 Å². The summed E-state index contributed by atoms with van der Waals surface area (Å²) in [6.45, 7) is 4.65. The van der Waals surface area contributed by atoms with Crippen LogP contribution in [0.25, 0.3) is 0 Å². The van der Waals surface area contributed by atoms with Crippen molar-refractivity contribution in [1.82, 2.24) is 5.32 Å². The number of carbonyl (C=O) groups is 2. The molecule has 1 aromatic carbocycles. The van der Waals surface area contributed by atoms with Crippen molar-refractivity contribution in [2.45, 2.75) is 58.0 Å². The number of nitrogens with two attached hydrogens (primary N) is 1. The Morgan fingerprint density at radius 1 is 1.08 bits per heavy atom. The van der Waals surface area contributed by atoms with E-state index in [1.807, 2.05) is 26.0 Å². The molecule has 0 spiro atoms. The number of nitrogens with zero attached hydrogens (tertiary/aromatic N) is 1. The van der Waals surface area contributed by atoms with Gasteiger partial charge in [0.05, 0.1) is 0 Å². The first-order chi connectivity index (χ1) is 11.4. The molecular weight excluding hydrogens is 338 g/mol. The molecule has 1 heterocycles. The van der Waals surface area contributed by atoms with Gasteiger partial charge in [-0.05, 0) is 69.2 Å². The molecule has 3 N–H and O–H groups in total. The third-order valence-electron chi connectivity index (χ3n) is 5.16. The Morgan fingerprint density at radius 3 is 2.28 bits per heavy atom. The Labute approximate surface area is 155 Å². The van der Waals surface area contributed by atoms with E-state index >= 15 is 0 Å². The number of hydrogen-bond donors (Lipinski definition) is 2. The molecule has 25 heavy (non-hydrogen) atoms. The van der Waals surface area contributed by atoms with Crippen LogP contribution in [0.2, 0.25) is 0 Å². The maximum atomic E-state index is 12.7. The molecule has 1 aliphatic carbocycles. The van der Waals surface area contributed by atoms with Crippen molar-refractivity contribution >= 4 is 29.9 Å². The second-order valence-electron chi connectivity index (χ2n) is 7.30. The highest BCUT2D eigenvalue weighted by Crippen LogP contribution is 2.27. The van der Waals surface area contributed by atoms with Gasteiger partial charge >= 0.3 is 0 Å². The normalized spacial score (nSPS) is 26.3. The lowest BCUT2D eigenvalue weighted by molar-refractivity contribution is -0.132. The fourth-order valence-electron chi connectivity index (χ4n) is 3.85. The van der Waals surface area contributed by atoms with Gasteiger partial charge < -0.3 is 16.0 Å². The highest BCUT2D eigenvalue weighted by Gasteiger charge is 2.38. The smallest absolute Gasteiger partial charge is 0.239 e. The van der Waals surface area contributed by atoms with Crippen LogP contribution in [0.15, 0.2) is 18.2 Å². The molecule has 5 nitrogen and oxygen atoms in total. The molecule has 0 radical (unpaired) electrons. The number of carbonyl (C=O) groups excluding carboxylic acids is 2. The average molecular weight is 366 g/mol. The fraction of sp³-hybridized carbons (Fsp3) is 0.579. The first kappa shape index (κ1) is 19.7. The summed E-state index contributed by atoms with van der Waals surface area (Å²) in [5, 5.41) is 3.06. The Balaban J connectivity index is 0.00000225. The topological polar surface area (TPSA) is 75.4 Å². The van der Waals surface area contributed by atoms with E-state index < -0.39 is 5.92 Å². The SMILES string of the molecule is Cc1cc(C)cc(N2CCC(C(=O)NC3CCC(N)CC3)C2=O)c1.Cl. The molecule has 1 aromatic rings. The molecule has 3 rings (SSSR count). The zero-order valence-electron chi connectivity index (χ0n) is 15.0. The first-order valence-electron chi connectivity index (χ1n) is 8.89. The molecule has 2 fully saturated rings. The summed E-state index contributed by atoms with van der Waals surface area (Å²) in [6, 6.07) is 6.52. The van der Waals surface area contributed by atoms with E-state index in [2.05, 4.69) is 11.4 Å². The van der Waals surface area contributed by atoms with Crippen molar-refractivity contribution in [2.75, 3.05) is 11.4 Å². The number of rotatable bonds is 3. The molecule has 1 saturated carbocycles. The van der Waals surface area contributed by atoms with Gasteiger partial charge in [0, 0.05) is 24.3 Å². The summed E-state index contributed by atoms with van der Waals surface area (Å²) in [7, 11) is 0. The Kier molecular flexibility index (Phi) is 6.47. The van der Waals surface area contributed by atoms with Crippen LogP contribution in [0.3, 0.4) is 0 Å². The van der Waals surface area contributed by atoms with Gasteiger partial charge in [0.1, 0.15) is 5.92 Å². The van der Waals surface area contributed by atoms with Crippen LogP contribution in [-0.4, -0.2) is 30.4 Å². The summed E-state index contributed by atoms with van der Waals surface area (Å²) in [5.74, 6) is -0.751. The standard InChI is InChI=1S/C19H27N3O2.ClH/c1-12-9-13(2)11-16(10-12)22-8-7-17(19(22)24)18(23)21-15-5-3-14(20)4-6-15;/h9-11,14-15,17H,3-8,20H2,1-2H3,(H,21,23);1H. The lowest BCUT2D eigenvalue weighted by Crippen LogP contribution is -2.44. The van der Waals surface area contributed by atoms with E-state index in [0.29, 0.717) is 13.0 Å². The molecule has 0 bridgehead atoms. The van der Waals surface area contributed by atoms with E-state index in [1.54, 1.807) is 4.90 Å². The molecule has 138 valence electrons. The highest BCUT2D eigenvalue weighted by molar-refractivity contribution is 6.09. The molecule has 2 amide bonds. The van der Waals surface area contributed by atoms with Crippen LogP contribution >= 0.6 is 12.4 Å². The van der Waals surface area contributed by atoms with Crippen molar-refractivity contribution in [2.24, 2.45) is 11.7 Å². The van der Waals surface area contributed by atoms with E-state index in [4.69, 9.17) is 5.73 Å². The minimum atomic E-state index is -0.554. The zero-order chi connectivity index (χ0) is 17.3. The summed E-state index contributed by atoms with van der Waals surface area (Å²) in [6.07, 6.45) is 4.30. The summed E-state index contributed by atoms with van der Waals surface area (Å²) < 4.78 is 0. The van der Waals surface area contributed by atoms with Gasteiger partial charge in [0.25, 0.3) is 0 Å². The predicted molar refractivity (Wildman–Crippen MR) is 102 cm³/mol. The van der Waals surface area contributed by atoms with Gasteiger partial charge in [-0.3, -0.25) is 9.59 Å². The molecule has 1 saturated heterocycles. The predicted octanol–water partition coefficient (Wildman–Crippen LogP) is 2.46. The molecule has 1 unspecified atom stereocenters. The number of amides is 2. The molecule has 1 atom stereocenters. The molecule has 6 heteroatoms. The van der Waals surface area contributed by atoms with Crippen LogP contribution < -0.4 is 16.0 Å². The average Bonchev–Trinajstić information content (AvgIpc) is 2.90. The van der Waals surface area contributed by atoms with Gasteiger partial charge in [0.2, 0.25) is 11.8 Å². The van der Waals surface area contributed by atoms with E-state index in [1.165, 1.54) is 0 Å². The van der Waals surface area contributed by atoms with Crippen LogP contribution in [0.4, 0.5) is 5.69 Å². The van der Waals surface area contributed by atoms with Crippen LogP contribution in [0, 0.1) is 19.8 Å². The minimum absolute atomic E-state index is 0. The number of aryl methyl sites for hydroxylation is 2. The molecular formula is C19H28ClN3O2. The van der Waals surface area contributed by atoms with Gasteiger partial charge in [-0.2, -0.15) is 0 Å². The summed E-state index contributed by atoms with van der Waals surface area (Å²) >= 11 is 0. The number of anilines is 1.